The van der Waals surface area contributed by atoms with Crippen molar-refractivity contribution >= 4 is 40.8 Å². The fraction of sp³-hybridized carbons (Fsp3) is 0.200. The van der Waals surface area contributed by atoms with E-state index in [1.165, 1.54) is 6.07 Å². The SMILES string of the molecule is N#C/C(C(=O)O)=C(/N)C(Cl)(Cl)Cl. The van der Waals surface area contributed by atoms with Gasteiger partial charge in [-0.2, -0.15) is 5.26 Å². The molecule has 7 heteroatoms. The highest BCUT2D eigenvalue weighted by Crippen LogP contribution is 2.33. The number of hydrogen-bond donors (Lipinski definition) is 2. The van der Waals surface area contributed by atoms with Crippen LogP contribution in [0.4, 0.5) is 0 Å². The molecule has 0 fully saturated rings. The highest BCUT2D eigenvalue weighted by molar-refractivity contribution is 6.69. The van der Waals surface area contributed by atoms with Gasteiger partial charge in [0.25, 0.3) is 0 Å². The lowest BCUT2D eigenvalue weighted by Gasteiger charge is -2.10. The number of rotatable bonds is 1. The zero-order valence-electron chi connectivity index (χ0n) is 5.51. The number of carboxylic acid groups (broad SMARTS) is 1. The van der Waals surface area contributed by atoms with Gasteiger partial charge in [0.1, 0.15) is 6.07 Å². The van der Waals surface area contributed by atoms with Crippen molar-refractivity contribution in [3.8, 4) is 6.07 Å². The van der Waals surface area contributed by atoms with Crippen LogP contribution in [0.1, 0.15) is 0 Å². The number of nitrogens with two attached hydrogens (primary N) is 1. The fourth-order valence-electron chi connectivity index (χ4n) is 0.365. The van der Waals surface area contributed by atoms with Gasteiger partial charge in [-0.25, -0.2) is 4.79 Å². The quantitative estimate of drug-likeness (QED) is 0.401. The van der Waals surface area contributed by atoms with E-state index in [0.717, 1.165) is 0 Å². The highest BCUT2D eigenvalue weighted by Gasteiger charge is 2.29. The monoisotopic (exact) mass is 228 g/mol. The Bertz CT molecular complexity index is 273. The number of allylic oxidation sites excluding steroid dienone is 1. The van der Waals surface area contributed by atoms with E-state index in [9.17, 15) is 4.79 Å². The lowest BCUT2D eigenvalue weighted by molar-refractivity contribution is -0.132. The van der Waals surface area contributed by atoms with E-state index < -0.39 is 21.0 Å². The smallest absolute Gasteiger partial charge is 0.348 e. The maximum atomic E-state index is 10.3. The predicted octanol–water partition coefficient (Wildman–Crippen LogP) is 1.18. The Balaban J connectivity index is 5.17. The largest absolute Gasteiger partial charge is 0.477 e. The maximum absolute atomic E-state index is 10.3. The molecule has 0 heterocycles. The minimum Gasteiger partial charge on any atom is -0.477 e. The first-order chi connectivity index (χ1) is 5.30. The van der Waals surface area contributed by atoms with Crippen LogP contribution < -0.4 is 5.73 Å². The summed E-state index contributed by atoms with van der Waals surface area (Å²) in [6, 6.07) is 1.31. The maximum Gasteiger partial charge on any atom is 0.348 e. The summed E-state index contributed by atoms with van der Waals surface area (Å²) in [4.78, 5) is 10.3. The third-order valence-corrected chi connectivity index (χ3v) is 1.51. The number of hydrogen-bond acceptors (Lipinski definition) is 3. The van der Waals surface area contributed by atoms with Crippen LogP contribution in [0.25, 0.3) is 0 Å². The normalized spacial score (nSPS) is 13.2. The first-order valence-corrected chi connectivity index (χ1v) is 3.64. The molecule has 0 atom stereocenters. The number of halogens is 3. The second-order valence-electron chi connectivity index (χ2n) is 1.70. The van der Waals surface area contributed by atoms with E-state index >= 15 is 0 Å². The highest BCUT2D eigenvalue weighted by atomic mass is 35.6. The number of carbonyl (C=O) groups is 1. The standard InChI is InChI=1S/C5H3Cl3N2O2/c6-5(7,8)3(10)2(1-9)4(11)12/h10H2,(H,11,12)/b3-2-. The first kappa shape index (κ1) is 11.4. The van der Waals surface area contributed by atoms with Gasteiger partial charge in [0, 0.05) is 0 Å². The molecule has 0 radical (unpaired) electrons. The van der Waals surface area contributed by atoms with Gasteiger partial charge < -0.3 is 10.8 Å². The van der Waals surface area contributed by atoms with Crippen molar-refractivity contribution in [1.29, 1.82) is 5.26 Å². The molecule has 0 aromatic carbocycles. The van der Waals surface area contributed by atoms with Crippen LogP contribution in [-0.4, -0.2) is 14.9 Å². The van der Waals surface area contributed by atoms with Gasteiger partial charge in [-0.15, -0.1) is 0 Å². The lowest BCUT2D eigenvalue weighted by atomic mass is 10.2. The molecule has 4 nitrogen and oxygen atoms in total. The van der Waals surface area contributed by atoms with E-state index in [-0.39, 0.29) is 0 Å². The number of nitriles is 1. The van der Waals surface area contributed by atoms with E-state index in [0.29, 0.717) is 0 Å². The zero-order valence-corrected chi connectivity index (χ0v) is 7.78. The van der Waals surface area contributed by atoms with Gasteiger partial charge in [0.15, 0.2) is 5.57 Å². The van der Waals surface area contributed by atoms with Gasteiger partial charge in [0.2, 0.25) is 3.79 Å². The Kier molecular flexibility index (Phi) is 3.65. The molecule has 0 unspecified atom stereocenters. The van der Waals surface area contributed by atoms with Crippen LogP contribution in [0.3, 0.4) is 0 Å². The van der Waals surface area contributed by atoms with E-state index in [2.05, 4.69) is 0 Å². The van der Waals surface area contributed by atoms with Gasteiger partial charge >= 0.3 is 5.97 Å². The van der Waals surface area contributed by atoms with E-state index in [1.54, 1.807) is 0 Å². The summed E-state index contributed by atoms with van der Waals surface area (Å²) >= 11 is 15.7. The van der Waals surface area contributed by atoms with Gasteiger partial charge in [-0.05, 0) is 0 Å². The van der Waals surface area contributed by atoms with Crippen molar-refractivity contribution in [2.45, 2.75) is 3.79 Å². The number of nitrogens with zero attached hydrogens (tertiary/aromatic N) is 1. The molecule has 0 aromatic heterocycles. The molecule has 66 valence electrons. The molecule has 0 spiro atoms. The molecule has 0 aliphatic carbocycles. The van der Waals surface area contributed by atoms with Gasteiger partial charge in [0.05, 0.1) is 5.70 Å². The second kappa shape index (κ2) is 3.85. The number of carboxylic acids is 1. The average Bonchev–Trinajstić information content (AvgIpc) is 1.86. The summed E-state index contributed by atoms with van der Waals surface area (Å²) in [7, 11) is 0. The minimum atomic E-state index is -2.07. The van der Waals surface area contributed by atoms with Crippen LogP contribution in [0.15, 0.2) is 11.3 Å². The second-order valence-corrected chi connectivity index (χ2v) is 3.98. The molecule has 0 bridgehead atoms. The molecular weight excluding hydrogens is 226 g/mol. The van der Waals surface area contributed by atoms with Gasteiger partial charge in [-0.3, -0.25) is 0 Å². The average molecular weight is 229 g/mol. The predicted molar refractivity (Wildman–Crippen MR) is 44.8 cm³/mol. The Morgan fingerprint density at radius 1 is 1.50 bits per heavy atom. The molecule has 0 aliphatic rings. The fourth-order valence-corrected chi connectivity index (χ4v) is 0.648. The number of alkyl halides is 3. The number of aliphatic carboxylic acids is 1. The minimum absolute atomic E-state index is 0.595. The Labute approximate surface area is 83.1 Å². The third kappa shape index (κ3) is 2.78. The van der Waals surface area contributed by atoms with Crippen molar-refractivity contribution in [1.82, 2.24) is 0 Å². The van der Waals surface area contributed by atoms with Crippen LogP contribution >= 0.6 is 34.8 Å². The zero-order chi connectivity index (χ0) is 9.94. The molecule has 0 rings (SSSR count). The molecule has 0 saturated carbocycles. The third-order valence-electron chi connectivity index (χ3n) is 0.900. The topological polar surface area (TPSA) is 87.1 Å². The molecule has 0 aromatic rings. The first-order valence-electron chi connectivity index (χ1n) is 2.51. The van der Waals surface area contributed by atoms with E-state index in [4.69, 9.17) is 50.9 Å². The molecule has 0 aliphatic heterocycles. The lowest BCUT2D eigenvalue weighted by Crippen LogP contribution is -2.21. The summed E-state index contributed by atoms with van der Waals surface area (Å²) in [6.07, 6.45) is 0. The van der Waals surface area contributed by atoms with E-state index in [1.807, 2.05) is 0 Å². The molecule has 0 amide bonds. The summed E-state index contributed by atoms with van der Waals surface area (Å²) in [5.41, 5.74) is 3.72. The van der Waals surface area contributed by atoms with Crippen LogP contribution in [0.5, 0.6) is 0 Å². The summed E-state index contributed by atoms with van der Waals surface area (Å²) < 4.78 is -2.07. The van der Waals surface area contributed by atoms with Crippen molar-refractivity contribution in [3.05, 3.63) is 11.3 Å². The Morgan fingerprint density at radius 3 is 2.00 bits per heavy atom. The van der Waals surface area contributed by atoms with Crippen molar-refractivity contribution in [3.63, 3.8) is 0 Å². The van der Waals surface area contributed by atoms with Crippen molar-refractivity contribution < 1.29 is 9.90 Å². The molecule has 0 saturated heterocycles. The van der Waals surface area contributed by atoms with Crippen molar-refractivity contribution in [2.24, 2.45) is 5.73 Å². The molecule has 3 N–H and O–H groups in total. The summed E-state index contributed by atoms with van der Waals surface area (Å²) in [5.74, 6) is -1.53. The Hall–Kier alpha value is -0.630. The molecular formula is C5H3Cl3N2O2. The summed E-state index contributed by atoms with van der Waals surface area (Å²) in [6.45, 7) is 0. The van der Waals surface area contributed by atoms with Crippen LogP contribution in [0.2, 0.25) is 0 Å². The van der Waals surface area contributed by atoms with Crippen molar-refractivity contribution in [2.75, 3.05) is 0 Å². The van der Waals surface area contributed by atoms with Crippen LogP contribution in [-0.2, 0) is 4.79 Å². The molecule has 12 heavy (non-hydrogen) atoms. The van der Waals surface area contributed by atoms with Gasteiger partial charge in [-0.1, -0.05) is 34.8 Å². The Morgan fingerprint density at radius 2 is 1.92 bits per heavy atom. The van der Waals surface area contributed by atoms with Crippen LogP contribution in [0, 0.1) is 11.3 Å². The summed E-state index contributed by atoms with van der Waals surface area (Å²) in [5, 5.41) is 16.7.